The maximum atomic E-state index is 12.6. The molecule has 0 spiro atoms. The number of rotatable bonds is 3. The van der Waals surface area contributed by atoms with Crippen molar-refractivity contribution in [3.05, 3.63) is 42.6 Å². The number of piperazine rings is 2. The van der Waals surface area contributed by atoms with E-state index in [0.29, 0.717) is 38.0 Å². The van der Waals surface area contributed by atoms with Crippen LogP contribution in [0.25, 0.3) is 0 Å². The molecule has 0 bridgehead atoms. The summed E-state index contributed by atoms with van der Waals surface area (Å²) in [6, 6.07) is 11.5. The van der Waals surface area contributed by atoms with Gasteiger partial charge in [-0.15, -0.1) is 0 Å². The van der Waals surface area contributed by atoms with Crippen molar-refractivity contribution >= 4 is 12.0 Å². The first-order valence-corrected chi connectivity index (χ1v) is 9.35. The van der Waals surface area contributed by atoms with Crippen molar-refractivity contribution < 1.29 is 9.53 Å². The van der Waals surface area contributed by atoms with Crippen molar-refractivity contribution in [1.82, 2.24) is 25.1 Å². The third-order valence-corrected chi connectivity index (χ3v) is 4.80. The quantitative estimate of drug-likeness (QED) is 0.883. The second-order valence-electron chi connectivity index (χ2n) is 6.60. The van der Waals surface area contributed by atoms with E-state index in [4.69, 9.17) is 4.74 Å². The van der Waals surface area contributed by atoms with Gasteiger partial charge in [0.05, 0.1) is 0 Å². The molecule has 1 aromatic heterocycles. The van der Waals surface area contributed by atoms with Crippen LogP contribution in [0.5, 0.6) is 11.6 Å². The van der Waals surface area contributed by atoms with Gasteiger partial charge in [0.25, 0.3) is 0 Å². The minimum Gasteiger partial charge on any atom is -0.439 e. The van der Waals surface area contributed by atoms with Crippen molar-refractivity contribution in [2.45, 2.75) is 0 Å². The lowest BCUT2D eigenvalue weighted by Gasteiger charge is -2.38. The van der Waals surface area contributed by atoms with Crippen LogP contribution in [0.2, 0.25) is 0 Å². The summed E-state index contributed by atoms with van der Waals surface area (Å²) in [5, 5.41) is 3.27. The van der Waals surface area contributed by atoms with E-state index in [1.54, 1.807) is 12.3 Å². The lowest BCUT2D eigenvalue weighted by Crippen LogP contribution is -2.56. The highest BCUT2D eigenvalue weighted by Crippen LogP contribution is 2.21. The lowest BCUT2D eigenvalue weighted by atomic mass is 10.3. The summed E-state index contributed by atoms with van der Waals surface area (Å²) in [5.74, 6) is 1.90. The molecule has 142 valence electrons. The fraction of sp³-hybridized carbons (Fsp3) is 0.421. The van der Waals surface area contributed by atoms with Crippen LogP contribution >= 0.6 is 0 Å². The molecule has 27 heavy (non-hydrogen) atoms. The average Bonchev–Trinajstić information content (AvgIpc) is 2.75. The molecule has 8 nitrogen and oxygen atoms in total. The number of nitrogens with one attached hydrogen (secondary N) is 1. The largest absolute Gasteiger partial charge is 0.439 e. The predicted octanol–water partition coefficient (Wildman–Crippen LogP) is 1.42. The van der Waals surface area contributed by atoms with Crippen LogP contribution in [0.15, 0.2) is 42.6 Å². The fourth-order valence-electron chi connectivity index (χ4n) is 3.30. The summed E-state index contributed by atoms with van der Waals surface area (Å²) in [6.07, 6.45) is 1.71. The molecule has 3 heterocycles. The van der Waals surface area contributed by atoms with E-state index in [1.807, 2.05) is 40.1 Å². The molecule has 0 atom stereocenters. The number of aromatic nitrogens is 2. The third kappa shape index (κ3) is 4.28. The number of hydrogen-bond donors (Lipinski definition) is 1. The van der Waals surface area contributed by atoms with Crippen molar-refractivity contribution in [2.75, 3.05) is 57.3 Å². The van der Waals surface area contributed by atoms with E-state index < -0.39 is 0 Å². The first kappa shape index (κ1) is 17.5. The van der Waals surface area contributed by atoms with E-state index in [1.165, 1.54) is 0 Å². The van der Waals surface area contributed by atoms with E-state index in [2.05, 4.69) is 20.2 Å². The maximum absolute atomic E-state index is 12.6. The molecule has 2 saturated heterocycles. The van der Waals surface area contributed by atoms with E-state index in [9.17, 15) is 4.79 Å². The fourth-order valence-corrected chi connectivity index (χ4v) is 3.30. The standard InChI is InChI=1S/C19H24N6O2/c26-19(24-10-8-20-9-11-24)25-14-12-23(13-15-25)18-21-7-6-17(22-18)27-16-4-2-1-3-5-16/h1-7,20H,8-15H2. The van der Waals surface area contributed by atoms with Gasteiger partial charge in [-0.25, -0.2) is 9.78 Å². The van der Waals surface area contributed by atoms with Crippen molar-refractivity contribution in [2.24, 2.45) is 0 Å². The molecule has 1 N–H and O–H groups in total. The van der Waals surface area contributed by atoms with Crippen LogP contribution in [-0.4, -0.2) is 78.2 Å². The highest BCUT2D eigenvalue weighted by molar-refractivity contribution is 5.75. The summed E-state index contributed by atoms with van der Waals surface area (Å²) < 4.78 is 5.79. The molecule has 4 rings (SSSR count). The average molecular weight is 368 g/mol. The molecular formula is C19H24N6O2. The second kappa shape index (κ2) is 8.22. The Morgan fingerprint density at radius 1 is 0.926 bits per heavy atom. The van der Waals surface area contributed by atoms with Gasteiger partial charge in [0, 0.05) is 64.6 Å². The zero-order valence-corrected chi connectivity index (χ0v) is 15.3. The highest BCUT2D eigenvalue weighted by atomic mass is 16.5. The summed E-state index contributed by atoms with van der Waals surface area (Å²) in [5.41, 5.74) is 0. The number of urea groups is 1. The Kier molecular flexibility index (Phi) is 5.34. The van der Waals surface area contributed by atoms with Gasteiger partial charge in [0.15, 0.2) is 0 Å². The normalized spacial score (nSPS) is 17.7. The van der Waals surface area contributed by atoms with Crippen LogP contribution in [-0.2, 0) is 0 Å². The summed E-state index contributed by atoms with van der Waals surface area (Å²) in [4.78, 5) is 27.5. The number of para-hydroxylation sites is 1. The maximum Gasteiger partial charge on any atom is 0.320 e. The zero-order valence-electron chi connectivity index (χ0n) is 15.3. The Morgan fingerprint density at radius 3 is 2.37 bits per heavy atom. The van der Waals surface area contributed by atoms with Crippen LogP contribution in [0.1, 0.15) is 0 Å². The molecule has 2 amide bonds. The molecule has 2 fully saturated rings. The summed E-state index contributed by atoms with van der Waals surface area (Å²) in [7, 11) is 0. The van der Waals surface area contributed by atoms with Crippen LogP contribution < -0.4 is 15.0 Å². The van der Waals surface area contributed by atoms with Gasteiger partial charge >= 0.3 is 6.03 Å². The molecule has 8 heteroatoms. The zero-order chi connectivity index (χ0) is 18.5. The van der Waals surface area contributed by atoms with E-state index in [-0.39, 0.29) is 6.03 Å². The number of anilines is 1. The van der Waals surface area contributed by atoms with E-state index in [0.717, 1.165) is 31.9 Å². The van der Waals surface area contributed by atoms with Gasteiger partial charge in [-0.05, 0) is 12.1 Å². The van der Waals surface area contributed by atoms with Gasteiger partial charge in [-0.3, -0.25) is 0 Å². The van der Waals surface area contributed by atoms with E-state index >= 15 is 0 Å². The predicted molar refractivity (Wildman–Crippen MR) is 102 cm³/mol. The topological polar surface area (TPSA) is 73.8 Å². The molecule has 2 aromatic rings. The molecular weight excluding hydrogens is 344 g/mol. The number of nitrogens with zero attached hydrogens (tertiary/aromatic N) is 5. The first-order valence-electron chi connectivity index (χ1n) is 9.35. The molecule has 0 unspecified atom stereocenters. The summed E-state index contributed by atoms with van der Waals surface area (Å²) >= 11 is 0. The molecule has 1 aromatic carbocycles. The third-order valence-electron chi connectivity index (χ3n) is 4.80. The van der Waals surface area contributed by atoms with Crippen molar-refractivity contribution in [1.29, 1.82) is 0 Å². The Balaban J connectivity index is 1.35. The van der Waals surface area contributed by atoms with Gasteiger partial charge in [-0.1, -0.05) is 18.2 Å². The lowest BCUT2D eigenvalue weighted by molar-refractivity contribution is 0.144. The smallest absolute Gasteiger partial charge is 0.320 e. The number of carbonyl (C=O) groups excluding carboxylic acids is 1. The Morgan fingerprint density at radius 2 is 1.63 bits per heavy atom. The van der Waals surface area contributed by atoms with Crippen molar-refractivity contribution in [3.8, 4) is 11.6 Å². The second-order valence-corrected chi connectivity index (χ2v) is 6.60. The number of benzene rings is 1. The molecule has 2 aliphatic rings. The molecule has 0 radical (unpaired) electrons. The number of ether oxygens (including phenoxy) is 1. The first-order chi connectivity index (χ1) is 13.3. The number of hydrogen-bond acceptors (Lipinski definition) is 6. The van der Waals surface area contributed by atoms with Gasteiger partial charge < -0.3 is 24.8 Å². The van der Waals surface area contributed by atoms with Crippen LogP contribution in [0.3, 0.4) is 0 Å². The van der Waals surface area contributed by atoms with Crippen LogP contribution in [0, 0.1) is 0 Å². The van der Waals surface area contributed by atoms with Crippen LogP contribution in [0.4, 0.5) is 10.7 Å². The highest BCUT2D eigenvalue weighted by Gasteiger charge is 2.27. The Bertz CT molecular complexity index is 758. The van der Waals surface area contributed by atoms with Crippen molar-refractivity contribution in [3.63, 3.8) is 0 Å². The van der Waals surface area contributed by atoms with Gasteiger partial charge in [0.2, 0.25) is 11.8 Å². The molecule has 0 aliphatic carbocycles. The molecule has 0 saturated carbocycles. The molecule has 2 aliphatic heterocycles. The SMILES string of the molecule is O=C(N1CCNCC1)N1CCN(c2nccc(Oc3ccccc3)n2)CC1. The minimum absolute atomic E-state index is 0.137. The minimum atomic E-state index is 0.137. The Labute approximate surface area is 158 Å². The van der Waals surface area contributed by atoms with Gasteiger partial charge in [0.1, 0.15) is 5.75 Å². The Hall–Kier alpha value is -2.87. The van der Waals surface area contributed by atoms with Gasteiger partial charge in [-0.2, -0.15) is 4.98 Å². The monoisotopic (exact) mass is 368 g/mol. The summed E-state index contributed by atoms with van der Waals surface area (Å²) in [6.45, 7) is 6.08. The number of carbonyl (C=O) groups is 1. The number of amides is 2.